The van der Waals surface area contributed by atoms with Crippen molar-refractivity contribution in [2.24, 2.45) is 11.7 Å². The van der Waals surface area contributed by atoms with Crippen LogP contribution in [0.1, 0.15) is 52.7 Å². The summed E-state index contributed by atoms with van der Waals surface area (Å²) in [5.74, 6) is -1.56. The van der Waals surface area contributed by atoms with Crippen LogP contribution < -0.4 is 11.1 Å². The van der Waals surface area contributed by atoms with Crippen LogP contribution in [0.4, 0.5) is 5.82 Å². The van der Waals surface area contributed by atoms with Crippen molar-refractivity contribution >= 4 is 29.2 Å². The lowest BCUT2D eigenvalue weighted by Crippen LogP contribution is -2.43. The number of hydrogen-bond donors (Lipinski definition) is 3. The van der Waals surface area contributed by atoms with Crippen molar-refractivity contribution in [3.8, 4) is 6.07 Å². The number of fused-ring (bicyclic) bond motifs is 1. The van der Waals surface area contributed by atoms with Crippen LogP contribution in [0.2, 0.25) is 0 Å². The van der Waals surface area contributed by atoms with Crippen LogP contribution in [0, 0.1) is 17.2 Å². The third-order valence-corrected chi connectivity index (χ3v) is 6.10. The molecular weight excluding hydrogens is 484 g/mol. The smallest absolute Gasteiger partial charge is 0.323 e. The van der Waals surface area contributed by atoms with E-state index in [9.17, 15) is 24.8 Å². The minimum Gasteiger partial charge on any atom is -0.462 e. The summed E-state index contributed by atoms with van der Waals surface area (Å²) < 4.78 is 18.0. The Bertz CT molecular complexity index is 1190. The molecule has 0 aromatic carbocycles. The fourth-order valence-electron chi connectivity index (χ4n) is 3.94. The molecule has 0 unspecified atom stereocenters. The summed E-state index contributed by atoms with van der Waals surface area (Å²) >= 11 is 0. The maximum absolute atomic E-state index is 12.3. The Kier molecular flexibility index (Phi) is 8.80. The maximum Gasteiger partial charge on any atom is 0.323 e. The van der Waals surface area contributed by atoms with E-state index < -0.39 is 48.5 Å². The molecule has 3 rings (SSSR count). The second-order valence-corrected chi connectivity index (χ2v) is 9.08. The van der Waals surface area contributed by atoms with Gasteiger partial charge in [-0.05, 0) is 24.5 Å². The highest BCUT2D eigenvalue weighted by atomic mass is 16.6. The molecule has 13 heteroatoms. The van der Waals surface area contributed by atoms with E-state index in [1.54, 1.807) is 26.8 Å². The van der Waals surface area contributed by atoms with Gasteiger partial charge in [0.15, 0.2) is 11.9 Å². The van der Waals surface area contributed by atoms with Gasteiger partial charge in [-0.15, -0.1) is 0 Å². The Labute approximate surface area is 213 Å². The molecule has 1 aliphatic heterocycles. The Morgan fingerprint density at radius 1 is 1.35 bits per heavy atom. The summed E-state index contributed by atoms with van der Waals surface area (Å²) in [6.07, 6.45) is -2.04. The SMILES string of the molecule is CCCC(=O)Nc1ncnn2c([C@]3(C#N)O[C@H](COC(=O)[C@@H](N)C(C)C)[C@@H](OC(=O)CC)[C@H]3O)ccc12. The number of carbonyl (C=O) groups is 3. The largest absolute Gasteiger partial charge is 0.462 e. The van der Waals surface area contributed by atoms with E-state index in [0.717, 1.165) is 0 Å². The number of ether oxygens (including phenoxy) is 3. The van der Waals surface area contributed by atoms with Crippen molar-refractivity contribution in [1.82, 2.24) is 14.6 Å². The lowest BCUT2D eigenvalue weighted by atomic mass is 9.92. The third-order valence-electron chi connectivity index (χ3n) is 6.10. The molecule has 2 aromatic heterocycles. The van der Waals surface area contributed by atoms with Gasteiger partial charge in [0.25, 0.3) is 0 Å². The molecule has 5 atom stereocenters. The molecule has 1 saturated heterocycles. The second kappa shape index (κ2) is 11.6. The number of nitriles is 1. The Morgan fingerprint density at radius 3 is 2.70 bits per heavy atom. The Hall–Kier alpha value is -3.60. The molecule has 4 N–H and O–H groups in total. The molecule has 1 fully saturated rings. The van der Waals surface area contributed by atoms with Crippen molar-refractivity contribution in [1.29, 1.82) is 5.26 Å². The van der Waals surface area contributed by atoms with Gasteiger partial charge in [-0.2, -0.15) is 10.4 Å². The zero-order valence-corrected chi connectivity index (χ0v) is 21.2. The van der Waals surface area contributed by atoms with Gasteiger partial charge < -0.3 is 30.4 Å². The fourth-order valence-corrected chi connectivity index (χ4v) is 3.94. The maximum atomic E-state index is 12.3. The van der Waals surface area contributed by atoms with Crippen LogP contribution >= 0.6 is 0 Å². The monoisotopic (exact) mass is 516 g/mol. The first-order valence-electron chi connectivity index (χ1n) is 12.1. The number of carbonyl (C=O) groups excluding carboxylic acids is 3. The number of hydrogen-bond acceptors (Lipinski definition) is 11. The number of nitrogens with one attached hydrogen (secondary N) is 1. The van der Waals surface area contributed by atoms with E-state index in [1.807, 2.05) is 13.0 Å². The number of aliphatic hydroxyl groups excluding tert-OH is 1. The highest BCUT2D eigenvalue weighted by Gasteiger charge is 2.60. The standard InChI is InChI=1S/C24H32N6O7/c1-5-7-17(31)29-22-14-8-9-16(30(14)28-12-27-22)24(11-25)21(33)20(36-18(32)6-2)15(37-24)10-35-23(34)19(26)13(3)4/h8-9,12-13,15,19-21,33H,5-7,10,26H2,1-4H3,(H,27,28,29,31)/t15-,19+,20-,21-,24+/m1/s1. The zero-order chi connectivity index (χ0) is 27.3. The predicted molar refractivity (Wildman–Crippen MR) is 129 cm³/mol. The van der Waals surface area contributed by atoms with Gasteiger partial charge in [-0.3, -0.25) is 14.4 Å². The minimum atomic E-state index is -2.05. The lowest BCUT2D eigenvalue weighted by molar-refractivity contribution is -0.161. The molecule has 2 aromatic rings. The quantitative estimate of drug-likeness (QED) is 0.378. The Balaban J connectivity index is 1.98. The number of aromatic nitrogens is 3. The van der Waals surface area contributed by atoms with Crippen molar-refractivity contribution in [2.45, 2.75) is 76.9 Å². The van der Waals surface area contributed by atoms with E-state index in [4.69, 9.17) is 19.9 Å². The van der Waals surface area contributed by atoms with E-state index in [2.05, 4.69) is 15.4 Å². The molecule has 3 heterocycles. The molecular formula is C24H32N6O7. The molecule has 37 heavy (non-hydrogen) atoms. The highest BCUT2D eigenvalue weighted by Crippen LogP contribution is 2.42. The summed E-state index contributed by atoms with van der Waals surface area (Å²) in [4.78, 5) is 40.7. The number of anilines is 1. The van der Waals surface area contributed by atoms with Crippen LogP contribution in [0.5, 0.6) is 0 Å². The predicted octanol–water partition coefficient (Wildman–Crippen LogP) is 0.795. The molecule has 0 radical (unpaired) electrons. The number of amides is 1. The number of aliphatic hydroxyl groups is 1. The van der Waals surface area contributed by atoms with Crippen molar-refractivity contribution < 1.29 is 33.7 Å². The lowest BCUT2D eigenvalue weighted by Gasteiger charge is -2.24. The van der Waals surface area contributed by atoms with Crippen LogP contribution in [0.3, 0.4) is 0 Å². The number of rotatable bonds is 10. The van der Waals surface area contributed by atoms with Crippen LogP contribution in [-0.4, -0.2) is 68.5 Å². The average molecular weight is 517 g/mol. The molecule has 0 aliphatic carbocycles. The number of nitrogens with two attached hydrogens (primary N) is 1. The van der Waals surface area contributed by atoms with Gasteiger partial charge in [0, 0.05) is 12.8 Å². The van der Waals surface area contributed by atoms with Crippen LogP contribution in [-0.2, 0) is 34.2 Å². The third kappa shape index (κ3) is 5.56. The summed E-state index contributed by atoms with van der Waals surface area (Å²) in [5.41, 5.74) is 4.25. The molecule has 0 bridgehead atoms. The van der Waals surface area contributed by atoms with Crippen LogP contribution in [0.15, 0.2) is 18.5 Å². The van der Waals surface area contributed by atoms with Crippen molar-refractivity contribution in [2.75, 3.05) is 11.9 Å². The van der Waals surface area contributed by atoms with Gasteiger partial charge in [-0.25, -0.2) is 9.50 Å². The first-order valence-corrected chi connectivity index (χ1v) is 12.1. The summed E-state index contributed by atoms with van der Waals surface area (Å²) in [6.45, 7) is 6.54. The van der Waals surface area contributed by atoms with Crippen molar-refractivity contribution in [3.63, 3.8) is 0 Å². The first-order chi connectivity index (χ1) is 17.6. The van der Waals surface area contributed by atoms with E-state index in [1.165, 1.54) is 16.9 Å². The number of nitrogens with zero attached hydrogens (tertiary/aromatic N) is 4. The zero-order valence-electron chi connectivity index (χ0n) is 21.2. The molecule has 1 aliphatic rings. The van der Waals surface area contributed by atoms with E-state index in [-0.39, 0.29) is 29.8 Å². The van der Waals surface area contributed by atoms with Crippen LogP contribution in [0.25, 0.3) is 5.52 Å². The van der Waals surface area contributed by atoms with E-state index >= 15 is 0 Å². The van der Waals surface area contributed by atoms with Crippen molar-refractivity contribution in [3.05, 3.63) is 24.2 Å². The van der Waals surface area contributed by atoms with E-state index in [0.29, 0.717) is 18.4 Å². The highest BCUT2D eigenvalue weighted by molar-refractivity contribution is 5.93. The molecule has 200 valence electrons. The molecule has 0 saturated carbocycles. The minimum absolute atomic E-state index is 0.00953. The fraction of sp³-hybridized carbons (Fsp3) is 0.583. The molecule has 0 spiro atoms. The van der Waals surface area contributed by atoms with Gasteiger partial charge >= 0.3 is 11.9 Å². The van der Waals surface area contributed by atoms with Gasteiger partial charge in [-0.1, -0.05) is 27.7 Å². The molecule has 1 amide bonds. The van der Waals surface area contributed by atoms with Gasteiger partial charge in [0.2, 0.25) is 11.5 Å². The average Bonchev–Trinajstić information content (AvgIpc) is 3.42. The second-order valence-electron chi connectivity index (χ2n) is 9.08. The summed E-state index contributed by atoms with van der Waals surface area (Å²) in [7, 11) is 0. The normalized spacial score (nSPS) is 24.0. The number of esters is 2. The topological polar surface area (TPSA) is 191 Å². The molecule has 13 nitrogen and oxygen atoms in total. The van der Waals surface area contributed by atoms with Gasteiger partial charge in [0.1, 0.15) is 42.8 Å². The summed E-state index contributed by atoms with van der Waals surface area (Å²) in [6, 6.07) is 4.15. The summed E-state index contributed by atoms with van der Waals surface area (Å²) in [5, 5.41) is 28.4. The van der Waals surface area contributed by atoms with Gasteiger partial charge in [0.05, 0.1) is 5.69 Å². The first kappa shape index (κ1) is 28.0. The Morgan fingerprint density at radius 2 is 2.08 bits per heavy atom.